The van der Waals surface area contributed by atoms with Crippen LogP contribution in [0.4, 0.5) is 11.4 Å². The normalized spacial score (nSPS) is 15.2. The number of anilines is 2. The van der Waals surface area contributed by atoms with Crippen LogP contribution < -0.4 is 10.6 Å². The molecule has 148 valence electrons. The van der Waals surface area contributed by atoms with Crippen LogP contribution in [0.15, 0.2) is 72.0 Å². The largest absolute Gasteiger partial charge is 0.335 e. The number of amidine groups is 1. The van der Waals surface area contributed by atoms with Crippen LogP contribution >= 0.6 is 11.8 Å². The molecular weight excluding hydrogens is 394 g/mol. The van der Waals surface area contributed by atoms with Gasteiger partial charge in [-0.05, 0) is 66.6 Å². The van der Waals surface area contributed by atoms with E-state index in [1.165, 1.54) is 0 Å². The Morgan fingerprint density at radius 1 is 1.13 bits per heavy atom. The van der Waals surface area contributed by atoms with Crippen molar-refractivity contribution in [3.63, 3.8) is 0 Å². The van der Waals surface area contributed by atoms with Crippen molar-refractivity contribution in [3.8, 4) is 6.07 Å². The molecule has 2 N–H and O–H groups in total. The van der Waals surface area contributed by atoms with E-state index in [1.54, 1.807) is 54.5 Å². The van der Waals surface area contributed by atoms with Crippen molar-refractivity contribution >= 4 is 34.2 Å². The van der Waals surface area contributed by atoms with E-state index < -0.39 is 0 Å². The average molecular weight is 414 g/mol. The summed E-state index contributed by atoms with van der Waals surface area (Å²) in [6.07, 6.45) is 3.56. The molecule has 3 aromatic rings. The van der Waals surface area contributed by atoms with E-state index in [9.17, 15) is 4.79 Å². The number of nitrogens with zero attached hydrogens (tertiary/aromatic N) is 3. The molecule has 1 amide bonds. The van der Waals surface area contributed by atoms with Gasteiger partial charge in [-0.25, -0.2) is 0 Å². The van der Waals surface area contributed by atoms with Gasteiger partial charge in [0.1, 0.15) is 0 Å². The molecule has 1 aliphatic rings. The fourth-order valence-corrected chi connectivity index (χ4v) is 4.01. The fraction of sp³-hybridized carbons (Fsp3) is 0.130. The molecule has 4 rings (SSSR count). The zero-order valence-corrected chi connectivity index (χ0v) is 17.1. The second kappa shape index (κ2) is 8.80. The quantitative estimate of drug-likeness (QED) is 0.643. The average Bonchev–Trinajstić information content (AvgIpc) is 3.25. The molecule has 0 bridgehead atoms. The van der Waals surface area contributed by atoms with Crippen LogP contribution in [0.1, 0.15) is 33.1 Å². The van der Waals surface area contributed by atoms with Gasteiger partial charge in [0.15, 0.2) is 5.17 Å². The zero-order valence-electron chi connectivity index (χ0n) is 16.3. The minimum absolute atomic E-state index is 0.101. The first kappa shape index (κ1) is 19.7. The SMILES string of the molecule is Cc1ccc(C(=O)Nc2ccc(C#N)cc2)cc1NC1=NC(c2ccncc2)CS1. The molecule has 6 nitrogen and oxygen atoms in total. The van der Waals surface area contributed by atoms with Gasteiger partial charge in [-0.1, -0.05) is 17.8 Å². The van der Waals surface area contributed by atoms with E-state index in [4.69, 9.17) is 10.3 Å². The molecule has 2 heterocycles. The molecular formula is C23H19N5OS. The summed E-state index contributed by atoms with van der Waals surface area (Å²) in [5.41, 5.74) is 4.76. The minimum atomic E-state index is -0.210. The number of thioether (sulfide) groups is 1. The molecule has 0 saturated heterocycles. The molecule has 0 fully saturated rings. The maximum atomic E-state index is 12.7. The Morgan fingerprint density at radius 3 is 2.63 bits per heavy atom. The van der Waals surface area contributed by atoms with Crippen molar-refractivity contribution < 1.29 is 4.79 Å². The number of carbonyl (C=O) groups excluding carboxylic acids is 1. The number of nitrogens with one attached hydrogen (secondary N) is 2. The van der Waals surface area contributed by atoms with Gasteiger partial charge < -0.3 is 10.6 Å². The van der Waals surface area contributed by atoms with Crippen molar-refractivity contribution in [1.29, 1.82) is 5.26 Å². The highest BCUT2D eigenvalue weighted by molar-refractivity contribution is 8.14. The van der Waals surface area contributed by atoms with E-state index in [1.807, 2.05) is 31.2 Å². The molecule has 0 aliphatic carbocycles. The van der Waals surface area contributed by atoms with Crippen molar-refractivity contribution in [1.82, 2.24) is 4.98 Å². The molecule has 1 aromatic heterocycles. The summed E-state index contributed by atoms with van der Waals surface area (Å²) < 4.78 is 0. The number of aromatic nitrogens is 1. The van der Waals surface area contributed by atoms with Gasteiger partial charge in [-0.3, -0.25) is 14.8 Å². The number of aryl methyl sites for hydroxylation is 1. The number of aliphatic imine (C=N–C) groups is 1. The monoisotopic (exact) mass is 413 g/mol. The lowest BCUT2D eigenvalue weighted by molar-refractivity contribution is 0.102. The van der Waals surface area contributed by atoms with Gasteiger partial charge in [0.05, 0.1) is 17.7 Å². The van der Waals surface area contributed by atoms with Crippen LogP contribution in [-0.4, -0.2) is 21.8 Å². The van der Waals surface area contributed by atoms with Gasteiger partial charge >= 0.3 is 0 Å². The van der Waals surface area contributed by atoms with Crippen molar-refractivity contribution in [2.75, 3.05) is 16.4 Å². The number of carbonyl (C=O) groups is 1. The first-order valence-electron chi connectivity index (χ1n) is 9.42. The van der Waals surface area contributed by atoms with E-state index in [0.29, 0.717) is 16.8 Å². The van der Waals surface area contributed by atoms with Crippen molar-refractivity contribution in [2.45, 2.75) is 13.0 Å². The molecule has 0 saturated carbocycles. The van der Waals surface area contributed by atoms with Crippen LogP contribution in [0.5, 0.6) is 0 Å². The first-order valence-corrected chi connectivity index (χ1v) is 10.4. The molecule has 0 spiro atoms. The maximum absolute atomic E-state index is 12.7. The first-order chi connectivity index (χ1) is 14.6. The third kappa shape index (κ3) is 4.50. The van der Waals surface area contributed by atoms with Gasteiger partial charge in [-0.15, -0.1) is 0 Å². The Labute approximate surface area is 179 Å². The Balaban J connectivity index is 1.48. The maximum Gasteiger partial charge on any atom is 0.255 e. The Kier molecular flexibility index (Phi) is 5.77. The number of hydrogen-bond acceptors (Lipinski definition) is 6. The second-order valence-corrected chi connectivity index (χ2v) is 7.85. The third-order valence-corrected chi connectivity index (χ3v) is 5.72. The molecule has 7 heteroatoms. The van der Waals surface area contributed by atoms with E-state index in [0.717, 1.165) is 27.7 Å². The lowest BCUT2D eigenvalue weighted by atomic mass is 10.1. The number of nitriles is 1. The summed E-state index contributed by atoms with van der Waals surface area (Å²) in [6.45, 7) is 1.99. The standard InChI is InChI=1S/C23H19N5OS/c1-15-2-5-18(22(29)26-19-6-3-16(13-24)4-7-19)12-20(15)27-23-28-21(14-30-23)17-8-10-25-11-9-17/h2-12,21H,14H2,1H3,(H,26,29)(H,27,28). The van der Waals surface area contributed by atoms with Gasteiger partial charge in [0.25, 0.3) is 5.91 Å². The number of benzene rings is 2. The minimum Gasteiger partial charge on any atom is -0.335 e. The van der Waals surface area contributed by atoms with E-state index in [2.05, 4.69) is 21.7 Å². The molecule has 1 aliphatic heterocycles. The summed E-state index contributed by atoms with van der Waals surface area (Å²) in [5, 5.41) is 15.9. The summed E-state index contributed by atoms with van der Waals surface area (Å²) in [5.74, 6) is 0.656. The lowest BCUT2D eigenvalue weighted by Crippen LogP contribution is -2.13. The van der Waals surface area contributed by atoms with E-state index >= 15 is 0 Å². The number of hydrogen-bond donors (Lipinski definition) is 2. The Hall–Kier alpha value is -3.63. The molecule has 1 atom stereocenters. The molecule has 30 heavy (non-hydrogen) atoms. The second-order valence-electron chi connectivity index (χ2n) is 6.84. The predicted molar refractivity (Wildman–Crippen MR) is 121 cm³/mol. The van der Waals surface area contributed by atoms with Crippen LogP contribution in [0.25, 0.3) is 0 Å². The van der Waals surface area contributed by atoms with Crippen LogP contribution in [0, 0.1) is 18.3 Å². The van der Waals surface area contributed by atoms with Crippen LogP contribution in [-0.2, 0) is 0 Å². The lowest BCUT2D eigenvalue weighted by Gasteiger charge is -2.11. The van der Waals surface area contributed by atoms with Crippen LogP contribution in [0.2, 0.25) is 0 Å². The van der Waals surface area contributed by atoms with Crippen LogP contribution in [0.3, 0.4) is 0 Å². The van der Waals surface area contributed by atoms with Crippen molar-refractivity contribution in [2.24, 2.45) is 4.99 Å². The highest BCUT2D eigenvalue weighted by Gasteiger charge is 2.20. The summed E-state index contributed by atoms with van der Waals surface area (Å²) >= 11 is 1.66. The fourth-order valence-electron chi connectivity index (χ4n) is 3.04. The number of amides is 1. The smallest absolute Gasteiger partial charge is 0.255 e. The van der Waals surface area contributed by atoms with Crippen molar-refractivity contribution in [3.05, 3.63) is 89.2 Å². The molecule has 1 unspecified atom stereocenters. The summed E-state index contributed by atoms with van der Waals surface area (Å²) in [6, 6.07) is 18.4. The molecule has 0 radical (unpaired) electrons. The zero-order chi connectivity index (χ0) is 20.9. The highest BCUT2D eigenvalue weighted by atomic mass is 32.2. The topological polar surface area (TPSA) is 90.2 Å². The van der Waals surface area contributed by atoms with Gasteiger partial charge in [0, 0.05) is 35.1 Å². The summed E-state index contributed by atoms with van der Waals surface area (Å²) in [7, 11) is 0. The van der Waals surface area contributed by atoms with Gasteiger partial charge in [0.2, 0.25) is 0 Å². The predicted octanol–water partition coefficient (Wildman–Crippen LogP) is 4.77. The third-order valence-electron chi connectivity index (χ3n) is 4.76. The number of rotatable bonds is 4. The number of pyridine rings is 1. The Morgan fingerprint density at radius 2 is 1.90 bits per heavy atom. The summed E-state index contributed by atoms with van der Waals surface area (Å²) in [4.78, 5) is 21.5. The highest BCUT2D eigenvalue weighted by Crippen LogP contribution is 2.31. The van der Waals surface area contributed by atoms with E-state index in [-0.39, 0.29) is 11.9 Å². The Bertz CT molecular complexity index is 1140. The molecule has 2 aromatic carbocycles. The van der Waals surface area contributed by atoms with Gasteiger partial charge in [-0.2, -0.15) is 5.26 Å².